The Bertz CT molecular complexity index is 366. The van der Waals surface area contributed by atoms with Crippen molar-refractivity contribution in [1.29, 1.82) is 0 Å². The highest BCUT2D eigenvalue weighted by molar-refractivity contribution is 7.99. The average Bonchev–Trinajstić information content (AvgIpc) is 2.42. The van der Waals surface area contributed by atoms with Gasteiger partial charge in [-0.1, -0.05) is 37.3 Å². The zero-order chi connectivity index (χ0) is 13.7. The summed E-state index contributed by atoms with van der Waals surface area (Å²) in [5.41, 5.74) is 1.40. The zero-order valence-corrected chi connectivity index (χ0v) is 13.1. The summed E-state index contributed by atoms with van der Waals surface area (Å²) in [4.78, 5) is 2.31. The molecule has 0 aromatic heterocycles. The van der Waals surface area contributed by atoms with Crippen LogP contribution in [0.3, 0.4) is 0 Å². The highest BCUT2D eigenvalue weighted by Gasteiger charge is 2.23. The first-order valence-electron chi connectivity index (χ1n) is 7.25. The standard InChI is InChI=1S/C16H26N2S/c1-13-15(10-7-11-19-13)17-12-16(18(2)3)14-8-5-4-6-9-14/h4-6,8-9,13,15-17H,7,10-12H2,1-3H3. The van der Waals surface area contributed by atoms with E-state index in [1.54, 1.807) is 0 Å². The van der Waals surface area contributed by atoms with E-state index in [1.807, 2.05) is 0 Å². The highest BCUT2D eigenvalue weighted by atomic mass is 32.2. The molecular weight excluding hydrogens is 252 g/mol. The largest absolute Gasteiger partial charge is 0.311 e. The summed E-state index contributed by atoms with van der Waals surface area (Å²) in [6, 6.07) is 11.9. The molecule has 1 aromatic carbocycles. The molecule has 0 saturated carbocycles. The van der Waals surface area contributed by atoms with Crippen LogP contribution in [0.4, 0.5) is 0 Å². The Balaban J connectivity index is 1.94. The lowest BCUT2D eigenvalue weighted by atomic mass is 10.0. The Labute approximate surface area is 122 Å². The van der Waals surface area contributed by atoms with Crippen LogP contribution >= 0.6 is 11.8 Å². The molecule has 1 aliphatic heterocycles. The third kappa shape index (κ3) is 4.23. The van der Waals surface area contributed by atoms with E-state index in [4.69, 9.17) is 0 Å². The molecule has 2 rings (SSSR count). The maximum Gasteiger partial charge on any atom is 0.0466 e. The van der Waals surface area contributed by atoms with Gasteiger partial charge in [0.2, 0.25) is 0 Å². The maximum atomic E-state index is 3.79. The minimum atomic E-state index is 0.459. The van der Waals surface area contributed by atoms with Crippen LogP contribution in [0, 0.1) is 0 Å². The number of hydrogen-bond donors (Lipinski definition) is 1. The van der Waals surface area contributed by atoms with E-state index in [2.05, 4.69) is 73.3 Å². The smallest absolute Gasteiger partial charge is 0.0466 e. The van der Waals surface area contributed by atoms with Gasteiger partial charge in [0.1, 0.15) is 0 Å². The van der Waals surface area contributed by atoms with Crippen LogP contribution in [0.1, 0.15) is 31.4 Å². The fourth-order valence-corrected chi connectivity index (χ4v) is 3.90. The van der Waals surface area contributed by atoms with Crippen LogP contribution in [0.25, 0.3) is 0 Å². The van der Waals surface area contributed by atoms with Gasteiger partial charge in [0.05, 0.1) is 0 Å². The van der Waals surface area contributed by atoms with Gasteiger partial charge in [-0.25, -0.2) is 0 Å². The number of nitrogens with one attached hydrogen (secondary N) is 1. The summed E-state index contributed by atoms with van der Waals surface area (Å²) in [5, 5.41) is 4.53. The molecule has 0 bridgehead atoms. The molecule has 3 atom stereocenters. The molecule has 1 N–H and O–H groups in total. The van der Waals surface area contributed by atoms with Crippen LogP contribution in [0.15, 0.2) is 30.3 Å². The SMILES string of the molecule is CC1SCCCC1NCC(c1ccccc1)N(C)C. The van der Waals surface area contributed by atoms with Gasteiger partial charge < -0.3 is 10.2 Å². The summed E-state index contributed by atoms with van der Waals surface area (Å²) in [6.45, 7) is 3.39. The number of rotatable bonds is 5. The molecule has 3 heteroatoms. The normalized spacial score (nSPS) is 25.5. The predicted molar refractivity (Wildman–Crippen MR) is 85.8 cm³/mol. The summed E-state index contributed by atoms with van der Waals surface area (Å²) < 4.78 is 0. The molecule has 106 valence electrons. The van der Waals surface area contributed by atoms with E-state index in [1.165, 1.54) is 24.2 Å². The molecule has 0 aliphatic carbocycles. The molecule has 1 fully saturated rings. The van der Waals surface area contributed by atoms with Crippen LogP contribution in [0.5, 0.6) is 0 Å². The Morgan fingerprint density at radius 1 is 1.32 bits per heavy atom. The van der Waals surface area contributed by atoms with Crippen molar-refractivity contribution in [3.05, 3.63) is 35.9 Å². The van der Waals surface area contributed by atoms with Crippen LogP contribution in [0.2, 0.25) is 0 Å². The van der Waals surface area contributed by atoms with Crippen molar-refractivity contribution in [1.82, 2.24) is 10.2 Å². The van der Waals surface area contributed by atoms with Crippen molar-refractivity contribution in [2.75, 3.05) is 26.4 Å². The van der Waals surface area contributed by atoms with Gasteiger partial charge in [0.25, 0.3) is 0 Å². The van der Waals surface area contributed by atoms with E-state index in [-0.39, 0.29) is 0 Å². The van der Waals surface area contributed by atoms with Crippen molar-refractivity contribution >= 4 is 11.8 Å². The van der Waals surface area contributed by atoms with Gasteiger partial charge in [-0.05, 0) is 38.3 Å². The fraction of sp³-hybridized carbons (Fsp3) is 0.625. The quantitative estimate of drug-likeness (QED) is 0.890. The van der Waals surface area contributed by atoms with Crippen LogP contribution in [-0.2, 0) is 0 Å². The molecule has 1 aliphatic rings. The second-order valence-electron chi connectivity index (χ2n) is 5.62. The average molecular weight is 278 g/mol. The second-order valence-corrected chi connectivity index (χ2v) is 7.11. The van der Waals surface area contributed by atoms with Crippen molar-refractivity contribution in [2.24, 2.45) is 0 Å². The van der Waals surface area contributed by atoms with Gasteiger partial charge in [-0.3, -0.25) is 0 Å². The monoisotopic (exact) mass is 278 g/mol. The van der Waals surface area contributed by atoms with Crippen molar-refractivity contribution in [3.8, 4) is 0 Å². The minimum Gasteiger partial charge on any atom is -0.311 e. The lowest BCUT2D eigenvalue weighted by molar-refractivity contribution is 0.275. The van der Waals surface area contributed by atoms with E-state index in [9.17, 15) is 0 Å². The van der Waals surface area contributed by atoms with E-state index in [0.29, 0.717) is 12.1 Å². The first-order chi connectivity index (χ1) is 9.18. The number of thioether (sulfide) groups is 1. The first-order valence-corrected chi connectivity index (χ1v) is 8.29. The number of hydrogen-bond acceptors (Lipinski definition) is 3. The molecule has 1 heterocycles. The molecule has 1 aromatic rings. The molecular formula is C16H26N2S. The summed E-state index contributed by atoms with van der Waals surface area (Å²) in [7, 11) is 4.33. The molecule has 1 saturated heterocycles. The number of benzene rings is 1. The van der Waals surface area contributed by atoms with Crippen molar-refractivity contribution in [2.45, 2.75) is 37.1 Å². The van der Waals surface area contributed by atoms with Crippen LogP contribution < -0.4 is 5.32 Å². The molecule has 0 radical (unpaired) electrons. The molecule has 0 spiro atoms. The molecule has 19 heavy (non-hydrogen) atoms. The third-order valence-corrected chi connectivity index (χ3v) is 5.37. The van der Waals surface area contributed by atoms with Gasteiger partial charge in [-0.2, -0.15) is 11.8 Å². The van der Waals surface area contributed by atoms with Gasteiger partial charge >= 0.3 is 0 Å². The summed E-state index contributed by atoms with van der Waals surface area (Å²) >= 11 is 2.11. The highest BCUT2D eigenvalue weighted by Crippen LogP contribution is 2.26. The van der Waals surface area contributed by atoms with Crippen molar-refractivity contribution < 1.29 is 0 Å². The van der Waals surface area contributed by atoms with Gasteiger partial charge in [0, 0.05) is 23.9 Å². The zero-order valence-electron chi connectivity index (χ0n) is 12.3. The minimum absolute atomic E-state index is 0.459. The Morgan fingerprint density at radius 2 is 2.05 bits per heavy atom. The lowest BCUT2D eigenvalue weighted by Crippen LogP contribution is -2.43. The van der Waals surface area contributed by atoms with Crippen molar-refractivity contribution in [3.63, 3.8) is 0 Å². The number of nitrogens with zero attached hydrogens (tertiary/aromatic N) is 1. The molecule has 2 nitrogen and oxygen atoms in total. The Morgan fingerprint density at radius 3 is 2.68 bits per heavy atom. The Kier molecular flexibility index (Phi) is 5.74. The number of likely N-dealkylation sites (N-methyl/N-ethyl adjacent to an activating group) is 1. The maximum absolute atomic E-state index is 3.79. The lowest BCUT2D eigenvalue weighted by Gasteiger charge is -2.32. The third-order valence-electron chi connectivity index (χ3n) is 3.99. The first kappa shape index (κ1) is 14.9. The predicted octanol–water partition coefficient (Wildman–Crippen LogP) is 3.16. The fourth-order valence-electron chi connectivity index (χ4n) is 2.73. The second kappa shape index (κ2) is 7.32. The van der Waals surface area contributed by atoms with E-state index >= 15 is 0 Å². The van der Waals surface area contributed by atoms with Crippen LogP contribution in [-0.4, -0.2) is 42.6 Å². The van der Waals surface area contributed by atoms with Gasteiger partial charge in [-0.15, -0.1) is 0 Å². The Hall–Kier alpha value is -0.510. The van der Waals surface area contributed by atoms with E-state index < -0.39 is 0 Å². The molecule has 0 amide bonds. The van der Waals surface area contributed by atoms with Gasteiger partial charge in [0.15, 0.2) is 0 Å². The van der Waals surface area contributed by atoms with E-state index in [0.717, 1.165) is 11.8 Å². The summed E-state index contributed by atoms with van der Waals surface area (Å²) in [5.74, 6) is 1.33. The molecule has 3 unspecified atom stereocenters. The summed E-state index contributed by atoms with van der Waals surface area (Å²) in [6.07, 6.45) is 2.67. The topological polar surface area (TPSA) is 15.3 Å².